The van der Waals surface area contributed by atoms with Crippen LogP contribution in [0.4, 0.5) is 0 Å². The van der Waals surface area contributed by atoms with Crippen molar-refractivity contribution in [2.75, 3.05) is 0 Å². The largest absolute Gasteiger partial charge is 0.0622 e. The van der Waals surface area contributed by atoms with E-state index in [4.69, 9.17) is 0 Å². The molecule has 0 bridgehead atoms. The summed E-state index contributed by atoms with van der Waals surface area (Å²) in [4.78, 5) is 0. The summed E-state index contributed by atoms with van der Waals surface area (Å²) in [6.45, 7) is 11.6. The fourth-order valence-electron chi connectivity index (χ4n) is 6.55. The van der Waals surface area contributed by atoms with Gasteiger partial charge in [0.15, 0.2) is 0 Å². The summed E-state index contributed by atoms with van der Waals surface area (Å²) >= 11 is 0. The lowest BCUT2D eigenvalue weighted by atomic mass is 10.0. The number of aryl methyl sites for hydroxylation is 4. The van der Waals surface area contributed by atoms with E-state index in [1.807, 2.05) is 0 Å². The van der Waals surface area contributed by atoms with E-state index in [1.165, 1.54) is 52.1 Å². The monoisotopic (exact) mass is 522 g/mol. The predicted molar refractivity (Wildman–Crippen MR) is 168 cm³/mol. The van der Waals surface area contributed by atoms with Crippen LogP contribution in [-0.4, -0.2) is 11.3 Å². The van der Waals surface area contributed by atoms with Gasteiger partial charge in [0.1, 0.15) is 0 Å². The van der Waals surface area contributed by atoms with Gasteiger partial charge in [-0.15, -0.1) is 0 Å². The Hall–Kier alpha value is -2.26. The van der Waals surface area contributed by atoms with E-state index in [9.17, 15) is 0 Å². The molecule has 5 rings (SSSR count). The van der Waals surface area contributed by atoms with Gasteiger partial charge in [0.05, 0.1) is 0 Å². The molecule has 37 heavy (non-hydrogen) atoms. The third-order valence-electron chi connectivity index (χ3n) is 7.93. The van der Waals surface area contributed by atoms with Gasteiger partial charge in [-0.25, -0.2) is 0 Å². The molecule has 0 amide bonds. The van der Waals surface area contributed by atoms with Crippen LogP contribution < -0.4 is 21.2 Å². The van der Waals surface area contributed by atoms with Crippen LogP contribution in [0, 0.1) is 33.6 Å². The molecular weight excluding hydrogens is 482 g/mol. The Morgan fingerprint density at radius 1 is 0.568 bits per heavy atom. The second-order valence-corrected chi connectivity index (χ2v) is 16.0. The van der Waals surface area contributed by atoms with Crippen molar-refractivity contribution < 1.29 is 0 Å². The van der Waals surface area contributed by atoms with Gasteiger partial charge in [-0.1, -0.05) is 133 Å². The maximum Gasteiger partial charge on any atom is -0.00943 e. The van der Waals surface area contributed by atoms with E-state index in [0.29, 0.717) is 5.66 Å². The van der Waals surface area contributed by atoms with Crippen LogP contribution in [0.15, 0.2) is 97.1 Å². The van der Waals surface area contributed by atoms with Crippen LogP contribution >= 0.6 is 15.8 Å². The smallest absolute Gasteiger partial charge is 0.00943 e. The Morgan fingerprint density at radius 2 is 1.00 bits per heavy atom. The van der Waals surface area contributed by atoms with Crippen molar-refractivity contribution in [2.45, 2.75) is 65.2 Å². The summed E-state index contributed by atoms with van der Waals surface area (Å²) in [6, 6.07) is 37.4. The molecule has 1 saturated carbocycles. The van der Waals surface area contributed by atoms with Gasteiger partial charge in [0.25, 0.3) is 0 Å². The number of hydrogen-bond donors (Lipinski definition) is 0. The lowest BCUT2D eigenvalue weighted by molar-refractivity contribution is 0.548. The van der Waals surface area contributed by atoms with Crippen LogP contribution in [-0.2, 0) is 0 Å². The third-order valence-corrected chi connectivity index (χ3v) is 13.8. The maximum absolute atomic E-state index is 2.59. The fourth-order valence-corrected chi connectivity index (χ4v) is 13.3. The summed E-state index contributed by atoms with van der Waals surface area (Å²) in [5, 5.41) is 6.18. The van der Waals surface area contributed by atoms with Gasteiger partial charge in [0, 0.05) is 0 Å². The van der Waals surface area contributed by atoms with Gasteiger partial charge >= 0.3 is 0 Å². The maximum atomic E-state index is 2.59. The molecule has 3 atom stereocenters. The van der Waals surface area contributed by atoms with Crippen molar-refractivity contribution in [3.8, 4) is 0 Å². The normalized spacial score (nSPS) is 18.5. The zero-order valence-corrected chi connectivity index (χ0v) is 24.8. The van der Waals surface area contributed by atoms with Gasteiger partial charge in [-0.3, -0.25) is 0 Å². The quantitative estimate of drug-likeness (QED) is 0.216. The molecule has 1 fully saturated rings. The first kappa shape index (κ1) is 26.4. The van der Waals surface area contributed by atoms with Crippen LogP contribution in [0.25, 0.3) is 0 Å². The molecule has 0 radical (unpaired) electrons. The molecule has 1 aliphatic carbocycles. The first-order valence-electron chi connectivity index (χ1n) is 13.8. The highest BCUT2D eigenvalue weighted by molar-refractivity contribution is 7.74. The minimum atomic E-state index is -0.467. The molecule has 1 aliphatic rings. The zero-order chi connectivity index (χ0) is 25.9. The summed E-state index contributed by atoms with van der Waals surface area (Å²) < 4.78 is 0. The highest BCUT2D eigenvalue weighted by atomic mass is 31.1. The Bertz CT molecular complexity index is 1200. The topological polar surface area (TPSA) is 0 Å². The van der Waals surface area contributed by atoms with Crippen molar-refractivity contribution in [1.82, 2.24) is 0 Å². The second kappa shape index (κ2) is 11.6. The van der Waals surface area contributed by atoms with Crippen LogP contribution in [0.3, 0.4) is 0 Å². The van der Waals surface area contributed by atoms with Gasteiger partial charge in [-0.2, -0.15) is 0 Å². The Morgan fingerprint density at radius 3 is 1.43 bits per heavy atom. The van der Waals surface area contributed by atoms with Gasteiger partial charge < -0.3 is 0 Å². The SMILES string of the molecule is Cc1cc(C)cc(P(c2cc(C)cc(C)c2)[C@H](C)C2CCC[C@H]2P(c2ccccc2)c2ccccc2)c1. The number of hydrogen-bond acceptors (Lipinski definition) is 0. The molecule has 0 N–H and O–H groups in total. The molecule has 0 nitrogen and oxygen atoms in total. The van der Waals surface area contributed by atoms with Crippen molar-refractivity contribution in [3.63, 3.8) is 0 Å². The Labute approximate surface area is 227 Å². The van der Waals surface area contributed by atoms with E-state index in [1.54, 1.807) is 10.6 Å². The summed E-state index contributed by atoms with van der Waals surface area (Å²) in [7, 11) is -0.868. The molecule has 0 aromatic heterocycles. The molecule has 4 aromatic rings. The van der Waals surface area contributed by atoms with Crippen LogP contribution in [0.5, 0.6) is 0 Å². The first-order chi connectivity index (χ1) is 17.9. The highest BCUT2D eigenvalue weighted by Gasteiger charge is 2.41. The predicted octanol–water partition coefficient (Wildman–Crippen LogP) is 8.04. The highest BCUT2D eigenvalue weighted by Crippen LogP contribution is 2.56. The number of benzene rings is 4. The van der Waals surface area contributed by atoms with Crippen molar-refractivity contribution in [2.24, 2.45) is 5.92 Å². The third kappa shape index (κ3) is 5.93. The lowest BCUT2D eigenvalue weighted by Crippen LogP contribution is -2.33. The Balaban J connectivity index is 1.60. The van der Waals surface area contributed by atoms with Crippen molar-refractivity contribution >= 4 is 37.1 Å². The average molecular weight is 523 g/mol. The molecule has 0 aliphatic heterocycles. The Kier molecular flexibility index (Phi) is 8.29. The van der Waals surface area contributed by atoms with E-state index >= 15 is 0 Å². The van der Waals surface area contributed by atoms with Crippen molar-refractivity contribution in [1.29, 1.82) is 0 Å². The van der Waals surface area contributed by atoms with Gasteiger partial charge in [-0.05, 0) is 94.8 Å². The second-order valence-electron chi connectivity index (χ2n) is 11.0. The minimum absolute atomic E-state index is 0.401. The molecular formula is C35H40P2. The van der Waals surface area contributed by atoms with E-state index in [-0.39, 0.29) is 0 Å². The first-order valence-corrected chi connectivity index (χ1v) is 16.6. The summed E-state index contributed by atoms with van der Waals surface area (Å²) in [5.74, 6) is 0.722. The summed E-state index contributed by atoms with van der Waals surface area (Å²) in [6.07, 6.45) is 4.03. The molecule has 4 aromatic carbocycles. The van der Waals surface area contributed by atoms with E-state index < -0.39 is 15.8 Å². The summed E-state index contributed by atoms with van der Waals surface area (Å²) in [5.41, 5.74) is 6.89. The average Bonchev–Trinajstić information content (AvgIpc) is 3.34. The molecule has 0 heterocycles. The van der Waals surface area contributed by atoms with Crippen molar-refractivity contribution in [3.05, 3.63) is 119 Å². The fraction of sp³-hybridized carbons (Fsp3) is 0.314. The number of rotatable bonds is 7. The van der Waals surface area contributed by atoms with Gasteiger partial charge in [0.2, 0.25) is 0 Å². The minimum Gasteiger partial charge on any atom is -0.0622 e. The molecule has 2 heteroatoms. The lowest BCUT2D eigenvalue weighted by Gasteiger charge is -2.37. The molecule has 190 valence electrons. The van der Waals surface area contributed by atoms with Crippen LogP contribution in [0.1, 0.15) is 48.4 Å². The standard InChI is InChI=1S/C35H40P2/c1-25-19-26(2)22-32(21-25)36(33-23-27(3)20-28(4)24-33)29(5)34-17-12-18-35(34)37(30-13-8-6-9-14-30)31-15-10-7-11-16-31/h6-11,13-16,19-24,29,34-35H,12,17-18H2,1-5H3/t29-,34?,35-/m1/s1. The zero-order valence-electron chi connectivity index (χ0n) is 23.0. The van der Waals surface area contributed by atoms with E-state index in [0.717, 1.165) is 11.6 Å². The van der Waals surface area contributed by atoms with Crippen LogP contribution in [0.2, 0.25) is 0 Å². The van der Waals surface area contributed by atoms with E-state index in [2.05, 4.69) is 132 Å². The molecule has 1 unspecified atom stereocenters. The molecule has 0 spiro atoms. The molecule has 0 saturated heterocycles.